The van der Waals surface area contributed by atoms with Crippen LogP contribution in [0.2, 0.25) is 0 Å². The van der Waals surface area contributed by atoms with Crippen LogP contribution in [0.5, 0.6) is 0 Å². The van der Waals surface area contributed by atoms with Gasteiger partial charge in [-0.05, 0) is 57.2 Å². The number of ether oxygens (including phenoxy) is 2. The Morgan fingerprint density at radius 2 is 1.50 bits per heavy atom. The largest absolute Gasteiger partial charge is 0.460 e. The maximum Gasteiger partial charge on any atom is 0.321 e. The molecule has 0 spiro atoms. The number of amides is 5. The molecule has 1 heterocycles. The lowest BCUT2D eigenvalue weighted by molar-refractivity contribution is -0.155. The number of rotatable bonds is 19. The highest BCUT2D eigenvalue weighted by atomic mass is 32.2. The molecular formula is C32H44N4O12S2. The highest BCUT2D eigenvalue weighted by Crippen LogP contribution is 2.17. The van der Waals surface area contributed by atoms with Gasteiger partial charge in [0, 0.05) is 30.8 Å². The molecule has 16 nitrogen and oxygen atoms in total. The van der Waals surface area contributed by atoms with Gasteiger partial charge in [0.1, 0.15) is 29.2 Å². The second-order valence-corrected chi connectivity index (χ2v) is 15.1. The zero-order chi connectivity index (χ0) is 37.8. The van der Waals surface area contributed by atoms with Crippen molar-refractivity contribution in [3.05, 3.63) is 42.0 Å². The van der Waals surface area contributed by atoms with E-state index in [0.29, 0.717) is 24.1 Å². The topological polar surface area (TPSA) is 232 Å². The van der Waals surface area contributed by atoms with Gasteiger partial charge in [-0.25, -0.2) is 0 Å². The average Bonchev–Trinajstić information content (AvgIpc) is 3.33. The maximum atomic E-state index is 13.1. The third-order valence-electron chi connectivity index (χ3n) is 7.18. The molecule has 4 N–H and O–H groups in total. The summed E-state index contributed by atoms with van der Waals surface area (Å²) >= 11 is 4.16. The zero-order valence-electron chi connectivity index (χ0n) is 28.5. The monoisotopic (exact) mass is 740 g/mol. The van der Waals surface area contributed by atoms with Crippen molar-refractivity contribution in [3.8, 4) is 0 Å². The summed E-state index contributed by atoms with van der Waals surface area (Å²) in [7, 11) is -4.81. The van der Waals surface area contributed by atoms with E-state index in [9.17, 15) is 46.5 Å². The van der Waals surface area contributed by atoms with E-state index in [1.54, 1.807) is 52.0 Å². The van der Waals surface area contributed by atoms with Crippen LogP contribution < -0.4 is 16.0 Å². The normalized spacial score (nSPS) is 14.9. The van der Waals surface area contributed by atoms with E-state index in [2.05, 4.69) is 28.6 Å². The summed E-state index contributed by atoms with van der Waals surface area (Å²) in [5.41, 5.74) is 1.05. The van der Waals surface area contributed by atoms with Gasteiger partial charge in [-0.2, -0.15) is 21.0 Å². The van der Waals surface area contributed by atoms with E-state index >= 15 is 0 Å². The second-order valence-electron chi connectivity index (χ2n) is 12.5. The first-order valence-electron chi connectivity index (χ1n) is 15.8. The Morgan fingerprint density at radius 1 is 0.900 bits per heavy atom. The number of anilines is 1. The number of nitrogens with zero attached hydrogens (tertiary/aromatic N) is 1. The summed E-state index contributed by atoms with van der Waals surface area (Å²) in [4.78, 5) is 87.6. The molecule has 1 aromatic rings. The molecule has 0 aromatic heterocycles. The number of carbonyl (C=O) groups is 7. The van der Waals surface area contributed by atoms with Gasteiger partial charge >= 0.3 is 11.9 Å². The van der Waals surface area contributed by atoms with Crippen LogP contribution in [-0.4, -0.2) is 94.6 Å². The average molecular weight is 741 g/mol. The molecule has 1 aliphatic heterocycles. The molecule has 50 heavy (non-hydrogen) atoms. The van der Waals surface area contributed by atoms with Gasteiger partial charge in [-0.1, -0.05) is 32.4 Å². The number of imide groups is 1. The quantitative estimate of drug-likeness (QED) is 0.0444. The minimum absolute atomic E-state index is 0.00142. The molecule has 0 saturated carbocycles. The van der Waals surface area contributed by atoms with Crippen LogP contribution in [-0.2, 0) is 59.8 Å². The van der Waals surface area contributed by atoms with Crippen molar-refractivity contribution in [1.29, 1.82) is 0 Å². The molecule has 5 amide bonds. The van der Waals surface area contributed by atoms with Crippen molar-refractivity contribution in [2.75, 3.05) is 17.6 Å². The molecule has 1 aliphatic rings. The molecule has 0 fully saturated rings. The number of nitrogens with one attached hydrogen (secondary N) is 3. The summed E-state index contributed by atoms with van der Waals surface area (Å²) in [6, 6.07) is 4.03. The van der Waals surface area contributed by atoms with Gasteiger partial charge in [0.15, 0.2) is 6.10 Å². The highest BCUT2D eigenvalue weighted by molar-refractivity contribution is 7.85. The standard InChI is InChI=1S/C32H44N4O12S2/c1-19(2)27(30(42)33-20(3)28(40)34-22-12-10-21(11-13-22)17-47-31(43)32(4,5)49)35-29(41)23(18-50(44,45)46)48-26(39)9-7-6-8-16-36-24(37)14-15-25(36)38/h10-15,19-20,23,27,49H,6-9,16-18H2,1-5H3,(H,33,42)(H,34,40)(H,35,41)(H,44,45,46)/t20-,23-,27-/m1/s1. The molecule has 0 bridgehead atoms. The predicted octanol–water partition coefficient (Wildman–Crippen LogP) is 1.31. The Morgan fingerprint density at radius 3 is 2.04 bits per heavy atom. The van der Waals surface area contributed by atoms with Crippen molar-refractivity contribution in [1.82, 2.24) is 15.5 Å². The number of esters is 2. The van der Waals surface area contributed by atoms with E-state index in [0.717, 1.165) is 17.1 Å². The lowest BCUT2D eigenvalue weighted by Gasteiger charge is -2.25. The first kappa shape index (κ1) is 41.9. The van der Waals surface area contributed by atoms with E-state index in [-0.39, 0.29) is 26.0 Å². The van der Waals surface area contributed by atoms with Gasteiger partial charge in [0.05, 0.1) is 0 Å². The van der Waals surface area contributed by atoms with Crippen LogP contribution in [0.1, 0.15) is 65.9 Å². The summed E-state index contributed by atoms with van der Waals surface area (Å²) < 4.78 is 41.9. The number of unbranched alkanes of at least 4 members (excludes halogenated alkanes) is 2. The van der Waals surface area contributed by atoms with Crippen molar-refractivity contribution in [3.63, 3.8) is 0 Å². The summed E-state index contributed by atoms with van der Waals surface area (Å²) in [5.74, 6) is -6.70. The smallest absolute Gasteiger partial charge is 0.321 e. The predicted molar refractivity (Wildman–Crippen MR) is 183 cm³/mol. The summed E-state index contributed by atoms with van der Waals surface area (Å²) in [6.07, 6.45) is 1.11. The van der Waals surface area contributed by atoms with Crippen LogP contribution in [0, 0.1) is 5.92 Å². The number of hydrogen-bond acceptors (Lipinski definition) is 12. The van der Waals surface area contributed by atoms with Crippen LogP contribution in [0.3, 0.4) is 0 Å². The molecule has 18 heteroatoms. The first-order valence-corrected chi connectivity index (χ1v) is 17.8. The van der Waals surface area contributed by atoms with Crippen molar-refractivity contribution >= 4 is 69.9 Å². The lowest BCUT2D eigenvalue weighted by atomic mass is 10.0. The zero-order valence-corrected chi connectivity index (χ0v) is 30.2. The van der Waals surface area contributed by atoms with E-state index < -0.39 is 86.2 Å². The highest BCUT2D eigenvalue weighted by Gasteiger charge is 2.34. The molecule has 1 aromatic carbocycles. The van der Waals surface area contributed by atoms with Gasteiger partial charge in [-0.3, -0.25) is 43.0 Å². The van der Waals surface area contributed by atoms with E-state index in [4.69, 9.17) is 9.47 Å². The molecule has 3 atom stereocenters. The fourth-order valence-corrected chi connectivity index (χ4v) is 5.02. The van der Waals surface area contributed by atoms with Crippen LogP contribution in [0.15, 0.2) is 36.4 Å². The van der Waals surface area contributed by atoms with Gasteiger partial charge in [-0.15, -0.1) is 0 Å². The Hall–Kier alpha value is -4.29. The molecular weight excluding hydrogens is 697 g/mol. The number of hydrogen-bond donors (Lipinski definition) is 5. The van der Waals surface area contributed by atoms with Crippen LogP contribution >= 0.6 is 12.6 Å². The fourth-order valence-electron chi connectivity index (χ4n) is 4.35. The third-order valence-corrected chi connectivity index (χ3v) is 8.09. The molecule has 0 unspecified atom stereocenters. The van der Waals surface area contributed by atoms with Gasteiger partial charge in [0.25, 0.3) is 27.8 Å². The maximum absolute atomic E-state index is 13.1. The molecule has 0 radical (unpaired) electrons. The Bertz CT molecular complexity index is 1550. The second kappa shape index (κ2) is 18.6. The van der Waals surface area contributed by atoms with E-state index in [1.165, 1.54) is 6.92 Å². The number of carbonyl (C=O) groups excluding carboxylic acids is 7. The summed E-state index contributed by atoms with van der Waals surface area (Å²) in [5, 5.41) is 7.45. The van der Waals surface area contributed by atoms with E-state index in [1.807, 2.05) is 0 Å². The van der Waals surface area contributed by atoms with Crippen molar-refractivity contribution in [2.24, 2.45) is 5.92 Å². The Balaban J connectivity index is 1.92. The first-order chi connectivity index (χ1) is 23.2. The SMILES string of the molecule is CC(C)[C@@H](NC(=O)[C@@H](CS(=O)(=O)O)OC(=O)CCCCCN1C(=O)C=CC1=O)C(=O)N[C@H](C)C(=O)Nc1ccc(COC(=O)C(C)(C)S)cc1. The van der Waals surface area contributed by atoms with Gasteiger partial charge in [0.2, 0.25) is 11.8 Å². The van der Waals surface area contributed by atoms with Crippen LogP contribution in [0.25, 0.3) is 0 Å². The molecule has 0 saturated heterocycles. The number of thiol groups is 1. The van der Waals surface area contributed by atoms with Crippen molar-refractivity contribution < 1.29 is 56.0 Å². The molecule has 276 valence electrons. The number of benzene rings is 1. The molecule has 2 rings (SSSR count). The Kier molecular flexibility index (Phi) is 15.6. The lowest BCUT2D eigenvalue weighted by Crippen LogP contribution is -2.56. The third kappa shape index (κ3) is 14.3. The van der Waals surface area contributed by atoms with Crippen molar-refractivity contribution in [2.45, 2.75) is 89.8 Å². The summed E-state index contributed by atoms with van der Waals surface area (Å²) in [6.45, 7) is 7.91. The van der Waals surface area contributed by atoms with Gasteiger partial charge < -0.3 is 25.4 Å². The minimum atomic E-state index is -4.81. The minimum Gasteiger partial charge on any atom is -0.460 e. The van der Waals surface area contributed by atoms with Crippen LogP contribution in [0.4, 0.5) is 5.69 Å². The molecule has 0 aliphatic carbocycles. The Labute approximate surface area is 296 Å². The fraction of sp³-hybridized carbons (Fsp3) is 0.531.